The standard InChI is InChI=1S/C15H22N2O2/c1-12-5-3-4-6-14(12)16-15(18)17(2)11-13-7-9-19-10-8-13/h3-6,13H,7-11H2,1-2H3,(H,16,18). The molecule has 2 amide bonds. The summed E-state index contributed by atoms with van der Waals surface area (Å²) in [7, 11) is 1.85. The fourth-order valence-electron chi connectivity index (χ4n) is 2.32. The molecule has 0 spiro atoms. The lowest BCUT2D eigenvalue weighted by molar-refractivity contribution is 0.0592. The fourth-order valence-corrected chi connectivity index (χ4v) is 2.32. The van der Waals surface area contributed by atoms with Gasteiger partial charge in [0.1, 0.15) is 0 Å². The van der Waals surface area contributed by atoms with Crippen LogP contribution >= 0.6 is 0 Å². The second-order valence-electron chi connectivity index (χ2n) is 5.18. The Hall–Kier alpha value is -1.55. The maximum absolute atomic E-state index is 12.1. The highest BCUT2D eigenvalue weighted by Gasteiger charge is 2.18. The van der Waals surface area contributed by atoms with Crippen LogP contribution < -0.4 is 5.32 Å². The molecule has 1 aliphatic rings. The Balaban J connectivity index is 1.87. The van der Waals surface area contributed by atoms with E-state index in [4.69, 9.17) is 4.74 Å². The number of anilines is 1. The highest BCUT2D eigenvalue weighted by Crippen LogP contribution is 2.17. The molecule has 1 aromatic rings. The van der Waals surface area contributed by atoms with Crippen molar-refractivity contribution in [3.05, 3.63) is 29.8 Å². The van der Waals surface area contributed by atoms with Crippen LogP contribution in [0.1, 0.15) is 18.4 Å². The van der Waals surface area contributed by atoms with E-state index in [9.17, 15) is 4.79 Å². The van der Waals surface area contributed by atoms with Gasteiger partial charge in [0.25, 0.3) is 0 Å². The molecule has 0 saturated carbocycles. The zero-order chi connectivity index (χ0) is 13.7. The predicted octanol–water partition coefficient (Wildman–Crippen LogP) is 2.89. The summed E-state index contributed by atoms with van der Waals surface area (Å²) in [5, 5.41) is 2.96. The molecule has 2 rings (SSSR count). The van der Waals surface area contributed by atoms with Crippen LogP contribution in [0.25, 0.3) is 0 Å². The van der Waals surface area contributed by atoms with Gasteiger partial charge in [-0.15, -0.1) is 0 Å². The molecule has 0 radical (unpaired) electrons. The molecule has 19 heavy (non-hydrogen) atoms. The van der Waals surface area contributed by atoms with E-state index in [1.54, 1.807) is 4.90 Å². The van der Waals surface area contributed by atoms with E-state index in [-0.39, 0.29) is 6.03 Å². The smallest absolute Gasteiger partial charge is 0.321 e. The molecule has 1 saturated heterocycles. The number of aryl methyl sites for hydroxylation is 1. The predicted molar refractivity (Wildman–Crippen MR) is 76.4 cm³/mol. The van der Waals surface area contributed by atoms with Crippen LogP contribution in [0.3, 0.4) is 0 Å². The molecular formula is C15H22N2O2. The van der Waals surface area contributed by atoms with Gasteiger partial charge in [0.05, 0.1) is 0 Å². The van der Waals surface area contributed by atoms with Gasteiger partial charge < -0.3 is 15.0 Å². The number of carbonyl (C=O) groups excluding carboxylic acids is 1. The van der Waals surface area contributed by atoms with Crippen molar-refractivity contribution in [3.63, 3.8) is 0 Å². The van der Waals surface area contributed by atoms with Crippen LogP contribution in [-0.2, 0) is 4.74 Å². The highest BCUT2D eigenvalue weighted by atomic mass is 16.5. The molecule has 0 bridgehead atoms. The number of nitrogens with zero attached hydrogens (tertiary/aromatic N) is 1. The van der Waals surface area contributed by atoms with E-state index in [1.165, 1.54) is 0 Å². The summed E-state index contributed by atoms with van der Waals surface area (Å²) in [5.74, 6) is 0.557. The van der Waals surface area contributed by atoms with Crippen LogP contribution in [0.4, 0.5) is 10.5 Å². The van der Waals surface area contributed by atoms with Gasteiger partial charge in [0.2, 0.25) is 0 Å². The first-order valence-corrected chi connectivity index (χ1v) is 6.82. The fraction of sp³-hybridized carbons (Fsp3) is 0.533. The lowest BCUT2D eigenvalue weighted by atomic mass is 10.00. The summed E-state index contributed by atoms with van der Waals surface area (Å²) in [5.41, 5.74) is 1.96. The Morgan fingerprint density at radius 3 is 2.74 bits per heavy atom. The summed E-state index contributed by atoms with van der Waals surface area (Å²) < 4.78 is 5.33. The molecule has 104 valence electrons. The van der Waals surface area contributed by atoms with Crippen molar-refractivity contribution in [1.82, 2.24) is 4.90 Å². The Labute approximate surface area is 114 Å². The third kappa shape index (κ3) is 3.96. The third-order valence-corrected chi connectivity index (χ3v) is 3.61. The summed E-state index contributed by atoms with van der Waals surface area (Å²) in [4.78, 5) is 13.9. The van der Waals surface area contributed by atoms with Crippen LogP contribution in [-0.4, -0.2) is 37.7 Å². The molecule has 1 fully saturated rings. The second-order valence-corrected chi connectivity index (χ2v) is 5.18. The van der Waals surface area contributed by atoms with Crippen molar-refractivity contribution in [2.24, 2.45) is 5.92 Å². The topological polar surface area (TPSA) is 41.6 Å². The number of nitrogens with one attached hydrogen (secondary N) is 1. The maximum Gasteiger partial charge on any atom is 0.321 e. The van der Waals surface area contributed by atoms with E-state index < -0.39 is 0 Å². The van der Waals surface area contributed by atoms with E-state index in [0.29, 0.717) is 5.92 Å². The molecule has 0 atom stereocenters. The number of hydrogen-bond acceptors (Lipinski definition) is 2. The average Bonchev–Trinajstić information content (AvgIpc) is 2.42. The Morgan fingerprint density at radius 2 is 2.05 bits per heavy atom. The SMILES string of the molecule is Cc1ccccc1NC(=O)N(C)CC1CCOCC1. The Kier molecular flexibility index (Phi) is 4.80. The van der Waals surface area contributed by atoms with Gasteiger partial charge in [-0.05, 0) is 37.3 Å². The minimum absolute atomic E-state index is 0.0409. The monoisotopic (exact) mass is 262 g/mol. The third-order valence-electron chi connectivity index (χ3n) is 3.61. The zero-order valence-corrected chi connectivity index (χ0v) is 11.7. The van der Waals surface area contributed by atoms with E-state index in [1.807, 2.05) is 38.2 Å². The highest BCUT2D eigenvalue weighted by molar-refractivity contribution is 5.89. The van der Waals surface area contributed by atoms with Crippen molar-refractivity contribution in [3.8, 4) is 0 Å². The number of carbonyl (C=O) groups is 1. The number of para-hydroxylation sites is 1. The number of urea groups is 1. The average molecular weight is 262 g/mol. The van der Waals surface area contributed by atoms with Crippen molar-refractivity contribution in [2.75, 3.05) is 32.1 Å². The van der Waals surface area contributed by atoms with Gasteiger partial charge in [0, 0.05) is 32.5 Å². The van der Waals surface area contributed by atoms with E-state index in [0.717, 1.165) is 43.9 Å². The number of benzene rings is 1. The molecule has 4 heteroatoms. The van der Waals surface area contributed by atoms with Crippen LogP contribution in [0.5, 0.6) is 0 Å². The van der Waals surface area contributed by atoms with Gasteiger partial charge in [-0.1, -0.05) is 18.2 Å². The first-order chi connectivity index (χ1) is 9.16. The summed E-state index contributed by atoms with van der Waals surface area (Å²) >= 11 is 0. The van der Waals surface area contributed by atoms with Crippen LogP contribution in [0, 0.1) is 12.8 Å². The maximum atomic E-state index is 12.1. The number of rotatable bonds is 3. The van der Waals surface area contributed by atoms with Crippen LogP contribution in [0.15, 0.2) is 24.3 Å². The van der Waals surface area contributed by atoms with Crippen molar-refractivity contribution < 1.29 is 9.53 Å². The van der Waals surface area contributed by atoms with Gasteiger partial charge in [-0.2, -0.15) is 0 Å². The first kappa shape index (κ1) is 13.9. The normalized spacial score (nSPS) is 16.1. The molecular weight excluding hydrogens is 240 g/mol. The van der Waals surface area contributed by atoms with Crippen molar-refractivity contribution in [1.29, 1.82) is 0 Å². The molecule has 1 aliphatic heterocycles. The van der Waals surface area contributed by atoms with Crippen molar-refractivity contribution >= 4 is 11.7 Å². The lowest BCUT2D eigenvalue weighted by Gasteiger charge is -2.27. The molecule has 1 N–H and O–H groups in total. The molecule has 4 nitrogen and oxygen atoms in total. The first-order valence-electron chi connectivity index (χ1n) is 6.82. The largest absolute Gasteiger partial charge is 0.381 e. The molecule has 1 heterocycles. The van der Waals surface area contributed by atoms with E-state index in [2.05, 4.69) is 5.32 Å². The van der Waals surface area contributed by atoms with Gasteiger partial charge in [0.15, 0.2) is 0 Å². The second kappa shape index (κ2) is 6.57. The van der Waals surface area contributed by atoms with Crippen LogP contribution in [0.2, 0.25) is 0 Å². The molecule has 0 aromatic heterocycles. The van der Waals surface area contributed by atoms with Gasteiger partial charge in [-0.25, -0.2) is 4.79 Å². The van der Waals surface area contributed by atoms with Gasteiger partial charge in [-0.3, -0.25) is 0 Å². The summed E-state index contributed by atoms with van der Waals surface area (Å²) in [6, 6.07) is 7.78. The number of amides is 2. The number of ether oxygens (including phenoxy) is 1. The molecule has 0 unspecified atom stereocenters. The quantitative estimate of drug-likeness (QED) is 0.910. The molecule has 0 aliphatic carbocycles. The Morgan fingerprint density at radius 1 is 1.37 bits per heavy atom. The summed E-state index contributed by atoms with van der Waals surface area (Å²) in [6.07, 6.45) is 2.09. The van der Waals surface area contributed by atoms with Gasteiger partial charge >= 0.3 is 6.03 Å². The van der Waals surface area contributed by atoms with E-state index >= 15 is 0 Å². The lowest BCUT2D eigenvalue weighted by Crippen LogP contribution is -2.37. The summed E-state index contributed by atoms with van der Waals surface area (Å²) in [6.45, 7) is 4.42. The minimum atomic E-state index is -0.0409. The minimum Gasteiger partial charge on any atom is -0.381 e. The Bertz CT molecular complexity index is 428. The zero-order valence-electron chi connectivity index (χ0n) is 11.7. The van der Waals surface area contributed by atoms with Crippen molar-refractivity contribution in [2.45, 2.75) is 19.8 Å². The molecule has 1 aromatic carbocycles. The number of hydrogen-bond donors (Lipinski definition) is 1.